The van der Waals surface area contributed by atoms with Gasteiger partial charge in [0, 0.05) is 11.6 Å². The highest BCUT2D eigenvalue weighted by Crippen LogP contribution is 2.31. The molecule has 11 heteroatoms. The molecule has 0 saturated heterocycles. The third-order valence-electron chi connectivity index (χ3n) is 2.97. The van der Waals surface area contributed by atoms with Gasteiger partial charge in [-0.05, 0) is 19.9 Å². The van der Waals surface area contributed by atoms with Crippen LogP contribution in [-0.2, 0) is 25.4 Å². The van der Waals surface area contributed by atoms with E-state index in [-0.39, 0.29) is 43.3 Å². The summed E-state index contributed by atoms with van der Waals surface area (Å²) in [6.45, 7) is 3.10. The molecule has 1 aromatic carbocycles. The zero-order valence-corrected chi connectivity index (χ0v) is 17.5. The molecule has 0 atom stereocenters. The average Bonchev–Trinajstić information content (AvgIpc) is 2.60. The SMILES string of the molecule is CCOC(=O)Cc1cc(OCC)c(OCCOC(=O)OCC(Cl)(Cl)Cl)cc1F. The van der Waals surface area contributed by atoms with E-state index in [1.54, 1.807) is 13.8 Å². The molecule has 1 aromatic rings. The fraction of sp³-hybridized carbons (Fsp3) is 0.529. The molecule has 158 valence electrons. The van der Waals surface area contributed by atoms with Gasteiger partial charge in [-0.25, -0.2) is 9.18 Å². The van der Waals surface area contributed by atoms with Crippen LogP contribution < -0.4 is 9.47 Å². The van der Waals surface area contributed by atoms with E-state index >= 15 is 0 Å². The van der Waals surface area contributed by atoms with Crippen molar-refractivity contribution in [2.45, 2.75) is 24.1 Å². The number of carbonyl (C=O) groups is 2. The van der Waals surface area contributed by atoms with Crippen molar-refractivity contribution in [3.8, 4) is 11.5 Å². The maximum Gasteiger partial charge on any atom is 0.508 e. The third-order valence-corrected chi connectivity index (χ3v) is 3.29. The Morgan fingerprint density at radius 2 is 1.64 bits per heavy atom. The maximum absolute atomic E-state index is 14.2. The predicted molar refractivity (Wildman–Crippen MR) is 101 cm³/mol. The molecule has 7 nitrogen and oxygen atoms in total. The molecule has 0 fully saturated rings. The summed E-state index contributed by atoms with van der Waals surface area (Å²) < 4.78 is 37.4. The lowest BCUT2D eigenvalue weighted by Crippen LogP contribution is -2.20. The van der Waals surface area contributed by atoms with Crippen molar-refractivity contribution in [2.24, 2.45) is 0 Å². The lowest BCUT2D eigenvalue weighted by Gasteiger charge is -2.15. The van der Waals surface area contributed by atoms with E-state index in [2.05, 4.69) is 4.74 Å². The van der Waals surface area contributed by atoms with E-state index in [9.17, 15) is 14.0 Å². The van der Waals surface area contributed by atoms with Crippen LogP contribution in [-0.4, -0.2) is 49.0 Å². The second kappa shape index (κ2) is 12.0. The number of hydrogen-bond acceptors (Lipinski definition) is 7. The van der Waals surface area contributed by atoms with Crippen LogP contribution >= 0.6 is 34.8 Å². The van der Waals surface area contributed by atoms with E-state index in [0.29, 0.717) is 6.61 Å². The number of alkyl halides is 3. The summed E-state index contributed by atoms with van der Waals surface area (Å²) >= 11 is 16.3. The standard InChI is InChI=1S/C17H20Cl3FO7/c1-3-24-13-7-11(8-15(22)25-4-2)12(21)9-14(13)26-5-6-27-16(23)28-10-17(18,19)20/h7,9H,3-6,8,10H2,1-2H3. The summed E-state index contributed by atoms with van der Waals surface area (Å²) in [7, 11) is 0. The third kappa shape index (κ3) is 9.52. The van der Waals surface area contributed by atoms with Gasteiger partial charge in [0.2, 0.25) is 3.79 Å². The molecular weight excluding hydrogens is 442 g/mol. The molecule has 28 heavy (non-hydrogen) atoms. The molecule has 1 rings (SSSR count). The van der Waals surface area contributed by atoms with Crippen LogP contribution in [0.1, 0.15) is 19.4 Å². The maximum atomic E-state index is 14.2. The van der Waals surface area contributed by atoms with Crippen LogP contribution in [0.25, 0.3) is 0 Å². The van der Waals surface area contributed by atoms with E-state index in [1.165, 1.54) is 6.07 Å². The topological polar surface area (TPSA) is 80.3 Å². The molecule has 0 spiro atoms. The molecule has 0 radical (unpaired) electrons. The highest BCUT2D eigenvalue weighted by molar-refractivity contribution is 6.67. The number of benzene rings is 1. The number of carbonyl (C=O) groups excluding carboxylic acids is 2. The molecule has 0 bridgehead atoms. The van der Waals surface area contributed by atoms with Crippen molar-refractivity contribution < 1.29 is 37.7 Å². The molecule has 0 N–H and O–H groups in total. The normalized spacial score (nSPS) is 10.9. The van der Waals surface area contributed by atoms with Crippen molar-refractivity contribution in [1.82, 2.24) is 0 Å². The molecule has 0 saturated carbocycles. The van der Waals surface area contributed by atoms with Crippen LogP contribution in [0.3, 0.4) is 0 Å². The second-order valence-corrected chi connectivity index (χ2v) is 7.67. The molecule has 0 unspecified atom stereocenters. The molecule has 0 amide bonds. The Labute approximate surface area is 176 Å². The van der Waals surface area contributed by atoms with Crippen molar-refractivity contribution in [1.29, 1.82) is 0 Å². The van der Waals surface area contributed by atoms with Crippen molar-refractivity contribution in [3.63, 3.8) is 0 Å². The molecule has 0 aliphatic rings. The fourth-order valence-electron chi connectivity index (χ4n) is 1.92. The van der Waals surface area contributed by atoms with Crippen LogP contribution in [0.4, 0.5) is 9.18 Å². The van der Waals surface area contributed by atoms with Crippen molar-refractivity contribution in [2.75, 3.05) is 33.0 Å². The first-order valence-corrected chi connectivity index (χ1v) is 9.39. The smallest absolute Gasteiger partial charge is 0.490 e. The van der Waals surface area contributed by atoms with Crippen molar-refractivity contribution in [3.05, 3.63) is 23.5 Å². The van der Waals surface area contributed by atoms with E-state index in [0.717, 1.165) is 6.07 Å². The number of esters is 1. The summed E-state index contributed by atoms with van der Waals surface area (Å²) in [5, 5.41) is 0. The number of hydrogen-bond donors (Lipinski definition) is 0. The van der Waals surface area contributed by atoms with Gasteiger partial charge in [0.1, 0.15) is 25.6 Å². The van der Waals surface area contributed by atoms with Gasteiger partial charge < -0.3 is 23.7 Å². The van der Waals surface area contributed by atoms with Gasteiger partial charge in [-0.2, -0.15) is 0 Å². The summed E-state index contributed by atoms with van der Waals surface area (Å²) in [6, 6.07) is 2.45. The molecule has 0 aromatic heterocycles. The zero-order chi connectivity index (χ0) is 21.2. The Bertz CT molecular complexity index is 665. The minimum Gasteiger partial charge on any atom is -0.490 e. The van der Waals surface area contributed by atoms with Gasteiger partial charge in [-0.15, -0.1) is 0 Å². The quantitative estimate of drug-likeness (QED) is 0.293. The van der Waals surface area contributed by atoms with Crippen LogP contribution in [0, 0.1) is 5.82 Å². The first-order valence-electron chi connectivity index (χ1n) is 8.26. The highest BCUT2D eigenvalue weighted by Gasteiger charge is 2.22. The number of ether oxygens (including phenoxy) is 5. The zero-order valence-electron chi connectivity index (χ0n) is 15.3. The Morgan fingerprint density at radius 3 is 2.25 bits per heavy atom. The minimum atomic E-state index is -1.75. The Kier molecular flexibility index (Phi) is 10.5. The summed E-state index contributed by atoms with van der Waals surface area (Å²) in [5.74, 6) is -0.888. The highest BCUT2D eigenvalue weighted by atomic mass is 35.6. The van der Waals surface area contributed by atoms with Gasteiger partial charge in [0.25, 0.3) is 0 Å². The molecule has 0 aliphatic carbocycles. The fourth-order valence-corrected chi connectivity index (χ4v) is 2.08. The Morgan fingerprint density at radius 1 is 0.964 bits per heavy atom. The van der Waals surface area contributed by atoms with Gasteiger partial charge >= 0.3 is 12.1 Å². The second-order valence-electron chi connectivity index (χ2n) is 5.16. The van der Waals surface area contributed by atoms with E-state index in [4.69, 9.17) is 53.8 Å². The van der Waals surface area contributed by atoms with E-state index < -0.39 is 28.3 Å². The monoisotopic (exact) mass is 460 g/mol. The minimum absolute atomic E-state index is 0.0882. The number of halogens is 4. The van der Waals surface area contributed by atoms with Crippen LogP contribution in [0.2, 0.25) is 0 Å². The first kappa shape index (κ1) is 24.4. The Hall–Kier alpha value is -1.64. The molecule has 0 aliphatic heterocycles. The molecule has 0 heterocycles. The molecular formula is C17H20Cl3FO7. The van der Waals surface area contributed by atoms with Gasteiger partial charge in [-0.1, -0.05) is 34.8 Å². The lowest BCUT2D eigenvalue weighted by molar-refractivity contribution is -0.142. The summed E-state index contributed by atoms with van der Waals surface area (Å²) in [4.78, 5) is 22.9. The first-order chi connectivity index (χ1) is 13.2. The van der Waals surface area contributed by atoms with Crippen LogP contribution in [0.5, 0.6) is 11.5 Å². The van der Waals surface area contributed by atoms with E-state index in [1.807, 2.05) is 0 Å². The predicted octanol–water partition coefficient (Wildman–Crippen LogP) is 4.23. The van der Waals surface area contributed by atoms with Gasteiger partial charge in [0.05, 0.1) is 19.6 Å². The van der Waals surface area contributed by atoms with Gasteiger partial charge in [0.15, 0.2) is 11.5 Å². The largest absolute Gasteiger partial charge is 0.508 e. The lowest BCUT2D eigenvalue weighted by atomic mass is 10.1. The van der Waals surface area contributed by atoms with Crippen molar-refractivity contribution >= 4 is 46.9 Å². The van der Waals surface area contributed by atoms with Crippen LogP contribution in [0.15, 0.2) is 12.1 Å². The number of rotatable bonds is 10. The van der Waals surface area contributed by atoms with Gasteiger partial charge in [-0.3, -0.25) is 4.79 Å². The summed E-state index contributed by atoms with van der Waals surface area (Å²) in [6.07, 6.45) is -1.28. The average molecular weight is 462 g/mol. The summed E-state index contributed by atoms with van der Waals surface area (Å²) in [5.41, 5.74) is 0.112. The Balaban J connectivity index is 2.63.